The molecule has 5 nitrogen and oxygen atoms in total. The van der Waals surface area contributed by atoms with Crippen LogP contribution in [0, 0.1) is 0 Å². The lowest BCUT2D eigenvalue weighted by atomic mass is 9.96. The Kier molecular flexibility index (Phi) is 7.59. The van der Waals surface area contributed by atoms with Crippen LogP contribution < -0.4 is 10.6 Å². The monoisotopic (exact) mass is 331 g/mol. The van der Waals surface area contributed by atoms with Crippen molar-refractivity contribution in [3.05, 3.63) is 35.9 Å². The molecule has 132 valence electrons. The van der Waals surface area contributed by atoms with Crippen molar-refractivity contribution < 1.29 is 9.59 Å². The second-order valence-electron chi connectivity index (χ2n) is 6.57. The Bertz CT molecular complexity index is 513. The molecule has 1 aliphatic rings. The normalized spacial score (nSPS) is 14.9. The summed E-state index contributed by atoms with van der Waals surface area (Å²) in [7, 11) is 1.82. The van der Waals surface area contributed by atoms with Crippen molar-refractivity contribution >= 4 is 11.9 Å². The van der Waals surface area contributed by atoms with Crippen molar-refractivity contribution in [1.82, 2.24) is 15.5 Å². The molecule has 5 heteroatoms. The van der Waals surface area contributed by atoms with Crippen molar-refractivity contribution in [2.24, 2.45) is 0 Å². The van der Waals surface area contributed by atoms with Gasteiger partial charge in [0.05, 0.1) is 0 Å². The van der Waals surface area contributed by atoms with E-state index in [4.69, 9.17) is 0 Å². The predicted molar refractivity (Wildman–Crippen MR) is 95.6 cm³/mol. The Morgan fingerprint density at radius 3 is 2.54 bits per heavy atom. The van der Waals surface area contributed by atoms with E-state index in [1.54, 1.807) is 4.90 Å². The molecular weight excluding hydrogens is 302 g/mol. The molecule has 1 fully saturated rings. The fourth-order valence-electron chi connectivity index (χ4n) is 3.06. The maximum Gasteiger partial charge on any atom is 0.315 e. The van der Waals surface area contributed by atoms with E-state index < -0.39 is 0 Å². The molecule has 0 aromatic heterocycles. The van der Waals surface area contributed by atoms with Gasteiger partial charge in [0.1, 0.15) is 0 Å². The number of carbonyl (C=O) groups excluding carboxylic acids is 2. The third-order valence-electron chi connectivity index (χ3n) is 4.48. The second kappa shape index (κ2) is 9.96. The fourth-order valence-corrected chi connectivity index (χ4v) is 3.06. The number of urea groups is 1. The van der Waals surface area contributed by atoms with Crippen molar-refractivity contribution in [2.45, 2.75) is 57.5 Å². The lowest BCUT2D eigenvalue weighted by Gasteiger charge is -2.23. The largest absolute Gasteiger partial charge is 0.341 e. The molecule has 0 heterocycles. The fraction of sp³-hybridized carbons (Fsp3) is 0.579. The van der Waals surface area contributed by atoms with E-state index in [2.05, 4.69) is 10.6 Å². The standard InChI is InChI=1S/C19H29N3O2/c1-22(15-16-9-4-2-5-10-16)18(23)13-8-14-20-19(24)21-17-11-6-3-7-12-17/h2,4-5,9-10,17H,3,6-8,11-15H2,1H3,(H2,20,21,24). The van der Waals surface area contributed by atoms with Crippen molar-refractivity contribution in [3.63, 3.8) is 0 Å². The van der Waals surface area contributed by atoms with Gasteiger partial charge in [-0.1, -0.05) is 49.6 Å². The number of benzene rings is 1. The van der Waals surface area contributed by atoms with Crippen molar-refractivity contribution in [2.75, 3.05) is 13.6 Å². The molecule has 24 heavy (non-hydrogen) atoms. The van der Waals surface area contributed by atoms with Crippen LogP contribution in [0.4, 0.5) is 4.79 Å². The summed E-state index contributed by atoms with van der Waals surface area (Å²) in [6.45, 7) is 1.15. The van der Waals surface area contributed by atoms with Gasteiger partial charge in [0.25, 0.3) is 0 Å². The summed E-state index contributed by atoms with van der Waals surface area (Å²) >= 11 is 0. The van der Waals surface area contributed by atoms with E-state index in [-0.39, 0.29) is 11.9 Å². The molecule has 0 unspecified atom stereocenters. The zero-order chi connectivity index (χ0) is 17.2. The number of nitrogens with one attached hydrogen (secondary N) is 2. The summed E-state index contributed by atoms with van der Waals surface area (Å²) in [6.07, 6.45) is 6.95. The number of carbonyl (C=O) groups is 2. The third kappa shape index (κ3) is 6.60. The summed E-state index contributed by atoms with van der Waals surface area (Å²) in [5.74, 6) is 0.105. The van der Waals surface area contributed by atoms with Crippen LogP contribution in [-0.2, 0) is 11.3 Å². The topological polar surface area (TPSA) is 61.4 Å². The van der Waals surface area contributed by atoms with E-state index >= 15 is 0 Å². The summed E-state index contributed by atoms with van der Waals surface area (Å²) in [5.41, 5.74) is 1.12. The Hall–Kier alpha value is -2.04. The van der Waals surface area contributed by atoms with E-state index in [1.165, 1.54) is 19.3 Å². The highest BCUT2D eigenvalue weighted by Crippen LogP contribution is 2.17. The van der Waals surface area contributed by atoms with Gasteiger partial charge >= 0.3 is 6.03 Å². The Labute approximate surface area is 144 Å². The minimum atomic E-state index is -0.105. The predicted octanol–water partition coefficient (Wildman–Crippen LogP) is 3.06. The highest BCUT2D eigenvalue weighted by Gasteiger charge is 2.15. The van der Waals surface area contributed by atoms with E-state index in [1.807, 2.05) is 37.4 Å². The van der Waals surface area contributed by atoms with Crippen LogP contribution in [0.1, 0.15) is 50.5 Å². The van der Waals surface area contributed by atoms with Gasteiger partial charge in [-0.3, -0.25) is 4.79 Å². The van der Waals surface area contributed by atoms with E-state index in [9.17, 15) is 9.59 Å². The quantitative estimate of drug-likeness (QED) is 0.754. The van der Waals surface area contributed by atoms with Crippen LogP contribution in [0.3, 0.4) is 0 Å². The Morgan fingerprint density at radius 1 is 1.12 bits per heavy atom. The molecule has 0 atom stereocenters. The lowest BCUT2D eigenvalue weighted by Crippen LogP contribution is -2.43. The zero-order valence-corrected chi connectivity index (χ0v) is 14.6. The first kappa shape index (κ1) is 18.3. The maximum absolute atomic E-state index is 12.1. The Balaban J connectivity index is 1.57. The number of rotatable bonds is 7. The van der Waals surface area contributed by atoms with Crippen molar-refractivity contribution in [3.8, 4) is 0 Å². The molecule has 0 bridgehead atoms. The lowest BCUT2D eigenvalue weighted by molar-refractivity contribution is -0.130. The molecule has 0 saturated heterocycles. The van der Waals surface area contributed by atoms with Crippen LogP contribution in [-0.4, -0.2) is 36.5 Å². The molecule has 0 spiro atoms. The minimum Gasteiger partial charge on any atom is -0.341 e. The average molecular weight is 331 g/mol. The Morgan fingerprint density at radius 2 is 1.83 bits per heavy atom. The molecule has 0 radical (unpaired) electrons. The van der Waals surface area contributed by atoms with Gasteiger partial charge in [0.2, 0.25) is 5.91 Å². The molecule has 2 N–H and O–H groups in total. The van der Waals surface area contributed by atoms with Crippen LogP contribution >= 0.6 is 0 Å². The van der Waals surface area contributed by atoms with Gasteiger partial charge in [0.15, 0.2) is 0 Å². The number of hydrogen-bond acceptors (Lipinski definition) is 2. The van der Waals surface area contributed by atoms with Crippen LogP contribution in [0.25, 0.3) is 0 Å². The van der Waals surface area contributed by atoms with Crippen molar-refractivity contribution in [1.29, 1.82) is 0 Å². The smallest absolute Gasteiger partial charge is 0.315 e. The molecule has 3 amide bonds. The maximum atomic E-state index is 12.1. The second-order valence-corrected chi connectivity index (χ2v) is 6.57. The van der Waals surface area contributed by atoms with Gasteiger partial charge < -0.3 is 15.5 Å². The summed E-state index contributed by atoms with van der Waals surface area (Å²) < 4.78 is 0. The van der Waals surface area contributed by atoms with Gasteiger partial charge in [0, 0.05) is 32.6 Å². The molecule has 1 saturated carbocycles. The zero-order valence-electron chi connectivity index (χ0n) is 14.6. The number of amides is 3. The first-order chi connectivity index (χ1) is 11.6. The van der Waals surface area contributed by atoms with E-state index in [0.29, 0.717) is 32.0 Å². The first-order valence-corrected chi connectivity index (χ1v) is 8.97. The average Bonchev–Trinajstić information content (AvgIpc) is 2.60. The SMILES string of the molecule is CN(Cc1ccccc1)C(=O)CCCNC(=O)NC1CCCCC1. The van der Waals surface area contributed by atoms with Gasteiger partial charge in [-0.05, 0) is 24.8 Å². The van der Waals surface area contributed by atoms with Crippen LogP contribution in [0.2, 0.25) is 0 Å². The highest BCUT2D eigenvalue weighted by molar-refractivity contribution is 5.76. The highest BCUT2D eigenvalue weighted by atomic mass is 16.2. The molecule has 1 aromatic carbocycles. The minimum absolute atomic E-state index is 0.105. The number of hydrogen-bond donors (Lipinski definition) is 2. The molecule has 2 rings (SSSR count). The summed E-state index contributed by atoms with van der Waals surface area (Å²) in [4.78, 5) is 25.7. The van der Waals surface area contributed by atoms with E-state index in [0.717, 1.165) is 18.4 Å². The van der Waals surface area contributed by atoms with Gasteiger partial charge in [-0.2, -0.15) is 0 Å². The molecular formula is C19H29N3O2. The van der Waals surface area contributed by atoms with Gasteiger partial charge in [-0.25, -0.2) is 4.79 Å². The molecule has 1 aromatic rings. The molecule has 1 aliphatic carbocycles. The summed E-state index contributed by atoms with van der Waals surface area (Å²) in [6, 6.07) is 10.2. The number of nitrogens with zero attached hydrogens (tertiary/aromatic N) is 1. The van der Waals surface area contributed by atoms with Crippen LogP contribution in [0.15, 0.2) is 30.3 Å². The van der Waals surface area contributed by atoms with Crippen LogP contribution in [0.5, 0.6) is 0 Å². The first-order valence-electron chi connectivity index (χ1n) is 8.97. The summed E-state index contributed by atoms with van der Waals surface area (Å²) in [5, 5.41) is 5.87. The molecule has 0 aliphatic heterocycles. The van der Waals surface area contributed by atoms with Gasteiger partial charge in [-0.15, -0.1) is 0 Å². The third-order valence-corrected chi connectivity index (χ3v) is 4.48.